The number of pyridine rings is 1. The van der Waals surface area contributed by atoms with E-state index in [-0.39, 0.29) is 35.8 Å². The molecule has 3 aromatic heterocycles. The first kappa shape index (κ1) is 22.4. The SMILES string of the molecule is CNc1cc(Nc2cccn([C@H]3C[C@H](OC)C3)c2=O)nn2c(C(=O)N[C@@H]3CC[C@H]3OC)cnc12. The van der Waals surface area contributed by atoms with Crippen LogP contribution in [0.25, 0.3) is 5.65 Å². The molecule has 1 amide bonds. The van der Waals surface area contributed by atoms with E-state index in [9.17, 15) is 9.59 Å². The number of fused-ring (bicyclic) bond motifs is 1. The van der Waals surface area contributed by atoms with E-state index in [2.05, 4.69) is 26.0 Å². The molecule has 0 radical (unpaired) electrons. The molecule has 2 atom stereocenters. The molecule has 5 rings (SSSR count). The zero-order valence-corrected chi connectivity index (χ0v) is 19.4. The zero-order chi connectivity index (χ0) is 23.8. The Morgan fingerprint density at radius 3 is 2.68 bits per heavy atom. The number of anilines is 3. The highest BCUT2D eigenvalue weighted by molar-refractivity contribution is 5.94. The number of hydrogen-bond acceptors (Lipinski definition) is 8. The molecule has 11 heteroatoms. The van der Waals surface area contributed by atoms with Crippen molar-refractivity contribution in [3.05, 3.63) is 46.6 Å². The van der Waals surface area contributed by atoms with Crippen LogP contribution in [0.5, 0.6) is 0 Å². The third-order valence-electron chi connectivity index (χ3n) is 6.83. The summed E-state index contributed by atoms with van der Waals surface area (Å²) >= 11 is 0. The van der Waals surface area contributed by atoms with E-state index < -0.39 is 0 Å². The van der Waals surface area contributed by atoms with Crippen molar-refractivity contribution in [3.8, 4) is 0 Å². The largest absolute Gasteiger partial charge is 0.385 e. The van der Waals surface area contributed by atoms with Gasteiger partial charge in [-0.25, -0.2) is 9.50 Å². The Labute approximate surface area is 196 Å². The van der Waals surface area contributed by atoms with Crippen LogP contribution in [0.2, 0.25) is 0 Å². The molecule has 0 saturated heterocycles. The van der Waals surface area contributed by atoms with Crippen LogP contribution in [-0.2, 0) is 9.47 Å². The molecule has 11 nitrogen and oxygen atoms in total. The van der Waals surface area contributed by atoms with Crippen molar-refractivity contribution in [3.63, 3.8) is 0 Å². The average Bonchev–Trinajstić information content (AvgIpc) is 3.22. The first-order chi connectivity index (χ1) is 16.5. The molecule has 2 fully saturated rings. The van der Waals surface area contributed by atoms with E-state index in [0.717, 1.165) is 25.7 Å². The fourth-order valence-electron chi connectivity index (χ4n) is 4.52. The molecule has 0 aromatic carbocycles. The maximum atomic E-state index is 13.1. The summed E-state index contributed by atoms with van der Waals surface area (Å²) < 4.78 is 13.9. The van der Waals surface area contributed by atoms with Crippen molar-refractivity contribution < 1.29 is 14.3 Å². The molecular weight excluding hydrogens is 438 g/mol. The predicted octanol–water partition coefficient (Wildman–Crippen LogP) is 1.93. The van der Waals surface area contributed by atoms with Crippen LogP contribution >= 0.6 is 0 Å². The lowest BCUT2D eigenvalue weighted by molar-refractivity contribution is 0.00522. The molecule has 3 heterocycles. The highest BCUT2D eigenvalue weighted by atomic mass is 16.5. The summed E-state index contributed by atoms with van der Waals surface area (Å²) in [5.74, 6) is 0.145. The van der Waals surface area contributed by atoms with E-state index >= 15 is 0 Å². The summed E-state index contributed by atoms with van der Waals surface area (Å²) in [5.41, 5.74) is 1.77. The second-order valence-corrected chi connectivity index (χ2v) is 8.75. The summed E-state index contributed by atoms with van der Waals surface area (Å²) in [5, 5.41) is 13.8. The van der Waals surface area contributed by atoms with Gasteiger partial charge in [-0.05, 0) is 37.8 Å². The van der Waals surface area contributed by atoms with Gasteiger partial charge in [-0.1, -0.05) is 0 Å². The minimum atomic E-state index is -0.272. The van der Waals surface area contributed by atoms with Gasteiger partial charge < -0.3 is 30.0 Å². The van der Waals surface area contributed by atoms with Crippen LogP contribution in [0, 0.1) is 0 Å². The van der Waals surface area contributed by atoms with Gasteiger partial charge in [-0.2, -0.15) is 0 Å². The maximum Gasteiger partial charge on any atom is 0.274 e. The van der Waals surface area contributed by atoms with Crippen LogP contribution in [0.3, 0.4) is 0 Å². The molecule has 0 bridgehead atoms. The summed E-state index contributed by atoms with van der Waals surface area (Å²) in [4.78, 5) is 30.4. The van der Waals surface area contributed by atoms with Gasteiger partial charge in [0.05, 0.1) is 30.1 Å². The fourth-order valence-corrected chi connectivity index (χ4v) is 4.52. The molecule has 3 aromatic rings. The van der Waals surface area contributed by atoms with Crippen molar-refractivity contribution in [1.82, 2.24) is 24.5 Å². The van der Waals surface area contributed by atoms with Crippen LogP contribution in [0.4, 0.5) is 17.2 Å². The summed E-state index contributed by atoms with van der Waals surface area (Å²) in [6.45, 7) is 0. The Kier molecular flexibility index (Phi) is 5.96. The molecule has 0 aliphatic heterocycles. The Morgan fingerprint density at radius 1 is 1.18 bits per heavy atom. The molecule has 2 aliphatic carbocycles. The predicted molar refractivity (Wildman–Crippen MR) is 127 cm³/mol. The average molecular weight is 468 g/mol. The van der Waals surface area contributed by atoms with Gasteiger partial charge in [0, 0.05) is 39.6 Å². The number of amides is 1. The standard InChI is InChI=1S/C23H29N7O4/c1-24-17-11-20(26-16-5-4-8-29(23(16)32)13-9-14(10-13)33-2)28-30-18(12-25-21(17)30)22(31)27-15-6-7-19(15)34-3/h4-5,8,11-15,19,24H,6-7,9-10H2,1-3H3,(H,26,28)(H,27,31)/t13-,14-,15-,19-/m1/s1. The molecule has 3 N–H and O–H groups in total. The smallest absolute Gasteiger partial charge is 0.274 e. The van der Waals surface area contributed by atoms with Crippen LogP contribution in [0.1, 0.15) is 42.2 Å². The number of rotatable bonds is 8. The van der Waals surface area contributed by atoms with Gasteiger partial charge in [0.1, 0.15) is 5.69 Å². The first-order valence-corrected chi connectivity index (χ1v) is 11.4. The number of aromatic nitrogens is 4. The highest BCUT2D eigenvalue weighted by Crippen LogP contribution is 2.33. The molecule has 34 heavy (non-hydrogen) atoms. The molecule has 2 aliphatic rings. The lowest BCUT2D eigenvalue weighted by Gasteiger charge is -2.35. The van der Waals surface area contributed by atoms with Crippen molar-refractivity contribution in [2.45, 2.75) is 50.0 Å². The third-order valence-corrected chi connectivity index (χ3v) is 6.83. The number of imidazole rings is 1. The molecular formula is C23H29N7O4. The number of carbonyl (C=O) groups is 1. The monoisotopic (exact) mass is 467 g/mol. The van der Waals surface area contributed by atoms with Crippen LogP contribution in [0.15, 0.2) is 35.4 Å². The van der Waals surface area contributed by atoms with Gasteiger partial charge in [0.2, 0.25) is 0 Å². The van der Waals surface area contributed by atoms with E-state index in [0.29, 0.717) is 28.5 Å². The van der Waals surface area contributed by atoms with Gasteiger partial charge >= 0.3 is 0 Å². The minimum Gasteiger partial charge on any atom is -0.385 e. The minimum absolute atomic E-state index is 0.0243. The number of hydrogen-bond donors (Lipinski definition) is 3. The van der Waals surface area contributed by atoms with E-state index in [1.807, 2.05) is 6.07 Å². The molecule has 180 valence electrons. The van der Waals surface area contributed by atoms with E-state index in [1.165, 1.54) is 10.7 Å². The number of nitrogens with zero attached hydrogens (tertiary/aromatic N) is 4. The van der Waals surface area contributed by atoms with Gasteiger partial charge in [0.25, 0.3) is 11.5 Å². The third kappa shape index (κ3) is 3.90. The Bertz CT molecular complexity index is 1260. The van der Waals surface area contributed by atoms with E-state index in [1.54, 1.807) is 44.2 Å². The van der Waals surface area contributed by atoms with E-state index in [4.69, 9.17) is 9.47 Å². The van der Waals surface area contributed by atoms with Crippen molar-refractivity contribution in [2.75, 3.05) is 31.9 Å². The number of nitrogens with one attached hydrogen (secondary N) is 3. The number of carbonyl (C=O) groups excluding carboxylic acids is 1. The topological polar surface area (TPSA) is 124 Å². The van der Waals surface area contributed by atoms with Crippen molar-refractivity contribution in [1.29, 1.82) is 0 Å². The molecule has 0 unspecified atom stereocenters. The van der Waals surface area contributed by atoms with Crippen LogP contribution < -0.4 is 21.5 Å². The Morgan fingerprint density at radius 2 is 2.00 bits per heavy atom. The first-order valence-electron chi connectivity index (χ1n) is 11.4. The summed E-state index contributed by atoms with van der Waals surface area (Å²) in [7, 11) is 5.10. The maximum absolute atomic E-state index is 13.1. The summed E-state index contributed by atoms with van der Waals surface area (Å²) in [6.07, 6.45) is 6.94. The molecule has 0 spiro atoms. The van der Waals surface area contributed by atoms with Gasteiger partial charge in [-0.15, -0.1) is 5.10 Å². The summed E-state index contributed by atoms with van der Waals surface area (Å²) in [6, 6.07) is 5.41. The zero-order valence-electron chi connectivity index (χ0n) is 19.4. The normalized spacial score (nSPS) is 23.7. The quantitative estimate of drug-likeness (QED) is 0.459. The lowest BCUT2D eigenvalue weighted by atomic mass is 9.89. The molecule has 2 saturated carbocycles. The lowest BCUT2D eigenvalue weighted by Crippen LogP contribution is -2.51. The Hall–Kier alpha value is -3.44. The van der Waals surface area contributed by atoms with Crippen molar-refractivity contribution >= 4 is 28.7 Å². The fraction of sp³-hybridized carbons (Fsp3) is 0.478. The van der Waals surface area contributed by atoms with Crippen molar-refractivity contribution in [2.24, 2.45) is 0 Å². The van der Waals surface area contributed by atoms with Gasteiger partial charge in [-0.3, -0.25) is 9.59 Å². The highest BCUT2D eigenvalue weighted by Gasteiger charge is 2.33. The number of methoxy groups -OCH3 is 2. The van der Waals surface area contributed by atoms with Crippen LogP contribution in [-0.4, -0.2) is 64.6 Å². The second kappa shape index (κ2) is 9.07. The number of ether oxygens (including phenoxy) is 2. The second-order valence-electron chi connectivity index (χ2n) is 8.75. The van der Waals surface area contributed by atoms with Gasteiger partial charge in [0.15, 0.2) is 17.2 Å². The Balaban J connectivity index is 1.43.